The molecule has 19 heavy (non-hydrogen) atoms. The first-order valence-corrected chi connectivity index (χ1v) is 8.14. The fourth-order valence-electron chi connectivity index (χ4n) is 1.94. The molecule has 1 aromatic rings. The predicted molar refractivity (Wildman–Crippen MR) is 70.2 cm³/mol. The fraction of sp³-hybridized carbons (Fsp3) is 0.545. The Morgan fingerprint density at radius 3 is 2.63 bits per heavy atom. The summed E-state index contributed by atoms with van der Waals surface area (Å²) in [5.41, 5.74) is 0. The molecule has 0 amide bonds. The number of thiophene rings is 1. The van der Waals surface area contributed by atoms with Crippen molar-refractivity contribution in [1.82, 2.24) is 4.72 Å². The average Bonchev–Trinajstić information content (AvgIpc) is 2.73. The topological polar surface area (TPSA) is 92.7 Å². The van der Waals surface area contributed by atoms with E-state index in [9.17, 15) is 13.2 Å². The Hall–Kier alpha value is -0.960. The summed E-state index contributed by atoms with van der Waals surface area (Å²) in [5, 5.41) is 8.89. The highest BCUT2D eigenvalue weighted by atomic mass is 32.2. The molecule has 106 valence electrons. The number of hydrogen-bond acceptors (Lipinski definition) is 5. The number of carboxylic acid groups (broad SMARTS) is 1. The summed E-state index contributed by atoms with van der Waals surface area (Å²) in [6.07, 6.45) is 1.27. The van der Waals surface area contributed by atoms with Crippen molar-refractivity contribution < 1.29 is 23.1 Å². The molecule has 0 radical (unpaired) electrons. The van der Waals surface area contributed by atoms with Crippen molar-refractivity contribution in [3.8, 4) is 0 Å². The third kappa shape index (κ3) is 3.33. The molecule has 0 aliphatic carbocycles. The van der Waals surface area contributed by atoms with Gasteiger partial charge in [0.15, 0.2) is 0 Å². The molecule has 0 aromatic carbocycles. The number of rotatable bonds is 4. The van der Waals surface area contributed by atoms with Gasteiger partial charge in [-0.1, -0.05) is 0 Å². The van der Waals surface area contributed by atoms with Crippen molar-refractivity contribution in [1.29, 1.82) is 0 Å². The Kier molecular flexibility index (Phi) is 4.24. The summed E-state index contributed by atoms with van der Waals surface area (Å²) in [4.78, 5) is 11.4. The zero-order valence-electron chi connectivity index (χ0n) is 10.4. The number of ether oxygens (including phenoxy) is 1. The second-order valence-corrected chi connectivity index (χ2v) is 7.28. The Balaban J connectivity index is 2.21. The van der Waals surface area contributed by atoms with Crippen molar-refractivity contribution in [3.63, 3.8) is 0 Å². The highest BCUT2D eigenvalue weighted by Crippen LogP contribution is 2.26. The van der Waals surface area contributed by atoms with Crippen molar-refractivity contribution in [2.24, 2.45) is 0 Å². The average molecular weight is 305 g/mol. The molecule has 8 heteroatoms. The number of sulfonamides is 1. The fourth-order valence-corrected chi connectivity index (χ4v) is 4.67. The van der Waals surface area contributed by atoms with Crippen molar-refractivity contribution in [3.05, 3.63) is 15.8 Å². The maximum atomic E-state index is 12.2. The van der Waals surface area contributed by atoms with Gasteiger partial charge in [-0.2, -0.15) is 0 Å². The van der Waals surface area contributed by atoms with Gasteiger partial charge in [0.25, 0.3) is 0 Å². The summed E-state index contributed by atoms with van der Waals surface area (Å²) in [7, 11) is -3.66. The minimum Gasteiger partial charge on any atom is -0.477 e. The van der Waals surface area contributed by atoms with Crippen LogP contribution >= 0.6 is 11.3 Å². The van der Waals surface area contributed by atoms with E-state index in [0.29, 0.717) is 30.9 Å². The predicted octanol–water partition coefficient (Wildman–Crippen LogP) is 1.21. The lowest BCUT2D eigenvalue weighted by molar-refractivity contribution is 0.0702. The Morgan fingerprint density at radius 1 is 1.47 bits per heavy atom. The minimum atomic E-state index is -3.66. The Morgan fingerprint density at radius 2 is 2.11 bits per heavy atom. The number of carboxylic acids is 1. The van der Waals surface area contributed by atoms with E-state index in [1.54, 1.807) is 6.92 Å². The van der Waals surface area contributed by atoms with Crippen LogP contribution < -0.4 is 4.72 Å². The van der Waals surface area contributed by atoms with Gasteiger partial charge in [-0.05, 0) is 25.8 Å². The van der Waals surface area contributed by atoms with Gasteiger partial charge in [0.2, 0.25) is 10.0 Å². The monoisotopic (exact) mass is 305 g/mol. The maximum absolute atomic E-state index is 12.2. The number of hydrogen-bond donors (Lipinski definition) is 2. The molecule has 2 heterocycles. The first-order valence-electron chi connectivity index (χ1n) is 5.84. The van der Waals surface area contributed by atoms with E-state index >= 15 is 0 Å². The van der Waals surface area contributed by atoms with E-state index in [1.807, 2.05) is 0 Å². The van der Waals surface area contributed by atoms with Crippen LogP contribution in [0.4, 0.5) is 0 Å². The number of carbonyl (C=O) groups is 1. The highest BCUT2D eigenvalue weighted by Gasteiger charge is 2.26. The largest absolute Gasteiger partial charge is 0.477 e. The molecule has 1 aliphatic rings. The zero-order chi connectivity index (χ0) is 14.0. The van der Waals surface area contributed by atoms with Crippen LogP contribution in [0, 0.1) is 6.92 Å². The molecule has 0 spiro atoms. The first kappa shape index (κ1) is 14.4. The van der Waals surface area contributed by atoms with Gasteiger partial charge in [-0.25, -0.2) is 17.9 Å². The molecule has 2 N–H and O–H groups in total. The van der Waals surface area contributed by atoms with Crippen LogP contribution in [-0.4, -0.2) is 38.7 Å². The SMILES string of the molecule is Cc1sc(C(=O)O)cc1S(=O)(=O)NC1CCOCC1. The van der Waals surface area contributed by atoms with Gasteiger partial charge in [-0.15, -0.1) is 11.3 Å². The lowest BCUT2D eigenvalue weighted by Gasteiger charge is -2.22. The van der Waals surface area contributed by atoms with Crippen molar-refractivity contribution >= 4 is 27.3 Å². The van der Waals surface area contributed by atoms with Gasteiger partial charge < -0.3 is 9.84 Å². The van der Waals surface area contributed by atoms with Gasteiger partial charge in [0.05, 0.1) is 4.90 Å². The molecule has 1 saturated heterocycles. The third-order valence-electron chi connectivity index (χ3n) is 2.92. The lowest BCUT2D eigenvalue weighted by Crippen LogP contribution is -2.38. The first-order chi connectivity index (χ1) is 8.90. The zero-order valence-corrected chi connectivity index (χ0v) is 12.0. The minimum absolute atomic E-state index is 0.0323. The van der Waals surface area contributed by atoms with Crippen LogP contribution in [0.5, 0.6) is 0 Å². The number of aryl methyl sites for hydroxylation is 1. The standard InChI is InChI=1S/C11H15NO5S2/c1-7-10(6-9(18-7)11(13)14)19(15,16)12-8-2-4-17-5-3-8/h6,8,12H,2-5H2,1H3,(H,13,14). The summed E-state index contributed by atoms with van der Waals surface area (Å²) in [5.74, 6) is -1.11. The number of aromatic carboxylic acids is 1. The molecule has 1 aromatic heterocycles. The van der Waals surface area contributed by atoms with E-state index in [-0.39, 0.29) is 15.8 Å². The second-order valence-electron chi connectivity index (χ2n) is 4.34. The number of nitrogens with one attached hydrogen (secondary N) is 1. The quantitative estimate of drug-likeness (QED) is 0.872. The van der Waals surface area contributed by atoms with E-state index in [2.05, 4.69) is 4.72 Å². The Bertz CT molecular complexity index is 572. The summed E-state index contributed by atoms with van der Waals surface area (Å²) >= 11 is 0.968. The van der Waals surface area contributed by atoms with Crippen LogP contribution in [0.3, 0.4) is 0 Å². The molecule has 1 aliphatic heterocycles. The molecule has 1 fully saturated rings. The van der Waals surface area contributed by atoms with Crippen LogP contribution in [0.2, 0.25) is 0 Å². The van der Waals surface area contributed by atoms with Gasteiger partial charge in [0.1, 0.15) is 4.88 Å². The molecule has 0 saturated carbocycles. The summed E-state index contributed by atoms with van der Waals surface area (Å²) < 4.78 is 32.2. The van der Waals surface area contributed by atoms with E-state index in [4.69, 9.17) is 9.84 Å². The second kappa shape index (κ2) is 5.58. The molecular formula is C11H15NO5S2. The van der Waals surface area contributed by atoms with Crippen molar-refractivity contribution in [2.75, 3.05) is 13.2 Å². The molecule has 2 rings (SSSR count). The van der Waals surface area contributed by atoms with E-state index in [1.165, 1.54) is 6.07 Å². The van der Waals surface area contributed by atoms with Crippen LogP contribution in [-0.2, 0) is 14.8 Å². The van der Waals surface area contributed by atoms with Gasteiger partial charge in [-0.3, -0.25) is 0 Å². The highest BCUT2D eigenvalue weighted by molar-refractivity contribution is 7.89. The van der Waals surface area contributed by atoms with E-state index in [0.717, 1.165) is 11.3 Å². The summed E-state index contributed by atoms with van der Waals surface area (Å²) in [6, 6.07) is 1.07. The smallest absolute Gasteiger partial charge is 0.345 e. The van der Waals surface area contributed by atoms with Gasteiger partial charge >= 0.3 is 5.97 Å². The third-order valence-corrected chi connectivity index (χ3v) is 5.73. The van der Waals surface area contributed by atoms with Crippen LogP contribution in [0.15, 0.2) is 11.0 Å². The lowest BCUT2D eigenvalue weighted by atomic mass is 10.1. The normalized spacial score (nSPS) is 17.5. The van der Waals surface area contributed by atoms with Crippen LogP contribution in [0.25, 0.3) is 0 Å². The maximum Gasteiger partial charge on any atom is 0.345 e. The molecule has 0 atom stereocenters. The van der Waals surface area contributed by atoms with Crippen molar-refractivity contribution in [2.45, 2.75) is 30.7 Å². The van der Waals surface area contributed by atoms with E-state index < -0.39 is 16.0 Å². The molecule has 6 nitrogen and oxygen atoms in total. The molecule has 0 bridgehead atoms. The summed E-state index contributed by atoms with van der Waals surface area (Å²) in [6.45, 7) is 2.68. The molecule has 0 unspecified atom stereocenters. The van der Waals surface area contributed by atoms with Crippen LogP contribution in [0.1, 0.15) is 27.4 Å². The molecular weight excluding hydrogens is 290 g/mol. The Labute approximate surface area is 115 Å². The van der Waals surface area contributed by atoms with Gasteiger partial charge in [0, 0.05) is 24.1 Å².